The van der Waals surface area contributed by atoms with Crippen molar-refractivity contribution in [3.05, 3.63) is 48.3 Å². The van der Waals surface area contributed by atoms with Gasteiger partial charge in [-0.15, -0.1) is 15.0 Å². The molecule has 0 bridgehead atoms. The summed E-state index contributed by atoms with van der Waals surface area (Å²) in [5.74, 6) is -0.380. The highest BCUT2D eigenvalue weighted by Gasteiger charge is 2.12. The molecule has 0 fully saturated rings. The molecule has 192 valence electrons. The highest BCUT2D eigenvalue weighted by Crippen LogP contribution is 2.15. The minimum Gasteiger partial charge on any atom is -0.490 e. The Morgan fingerprint density at radius 2 is 1.03 bits per heavy atom. The van der Waals surface area contributed by atoms with Crippen molar-refractivity contribution in [2.24, 2.45) is 0 Å². The maximum atomic E-state index is 11.5. The Morgan fingerprint density at radius 3 is 1.34 bits per heavy atom. The summed E-state index contributed by atoms with van der Waals surface area (Å²) >= 11 is 0. The maximum absolute atomic E-state index is 11.5. The molecule has 0 unspecified atom stereocenters. The van der Waals surface area contributed by atoms with Crippen LogP contribution in [0.5, 0.6) is 18.0 Å². The van der Waals surface area contributed by atoms with E-state index in [-0.39, 0.29) is 68.8 Å². The summed E-state index contributed by atoms with van der Waals surface area (Å²) in [4.78, 5) is 35.1. The molecule has 0 N–H and O–H groups in total. The van der Waals surface area contributed by atoms with Crippen LogP contribution in [0.3, 0.4) is 0 Å². The Morgan fingerprint density at radius 1 is 0.657 bits per heavy atom. The van der Waals surface area contributed by atoms with Crippen LogP contribution in [-0.2, 0) is 23.8 Å². The molecule has 0 amide bonds. The van der Waals surface area contributed by atoms with E-state index in [0.717, 1.165) is 12.0 Å². The predicted molar refractivity (Wildman–Crippen MR) is 127 cm³/mol. The molecule has 0 atom stereocenters. The van der Waals surface area contributed by atoms with Crippen molar-refractivity contribution >= 4 is 11.9 Å². The summed E-state index contributed by atoms with van der Waals surface area (Å²) in [5, 5.41) is 0. The van der Waals surface area contributed by atoms with Gasteiger partial charge in [0.2, 0.25) is 0 Å². The van der Waals surface area contributed by atoms with Crippen LogP contribution in [0, 0.1) is 0 Å². The van der Waals surface area contributed by atoms with Crippen LogP contribution >= 0.6 is 0 Å². The summed E-state index contributed by atoms with van der Waals surface area (Å²) in [6, 6.07) is -0.280. The molecule has 0 aliphatic heterocycles. The van der Waals surface area contributed by atoms with Gasteiger partial charge in [0.25, 0.3) is 0 Å². The highest BCUT2D eigenvalue weighted by atomic mass is 16.6. The van der Waals surface area contributed by atoms with Crippen molar-refractivity contribution in [1.29, 1.82) is 0 Å². The number of nitrogens with zero attached hydrogens (tertiary/aromatic N) is 3. The van der Waals surface area contributed by atoms with Crippen molar-refractivity contribution in [1.82, 2.24) is 15.0 Å². The highest BCUT2D eigenvalue weighted by molar-refractivity contribution is 5.87. The van der Waals surface area contributed by atoms with Gasteiger partial charge in [-0.3, -0.25) is 0 Å². The standard InChI is InChI=1S/C24H33N3O8/c1-8-9-19(16(2)3)30-10-13-33-22-25-23(34-14-11-31-20(28)17(4)5)27-24(26-22)35-15-12-32-21(29)18(6)7/h9H,2,4,6,8,10-15H2,1,3,5,7H3/b19-9-. The molecule has 0 saturated carbocycles. The number of aromatic nitrogens is 3. The number of esters is 2. The van der Waals surface area contributed by atoms with Crippen LogP contribution in [0.25, 0.3) is 0 Å². The number of carbonyl (C=O) groups is 2. The number of allylic oxidation sites excluding steroid dienone is 2. The summed E-state index contributed by atoms with van der Waals surface area (Å²) in [6.45, 7) is 18.0. The second kappa shape index (κ2) is 15.9. The number of hydrogen-bond acceptors (Lipinski definition) is 11. The van der Waals surface area contributed by atoms with Crippen LogP contribution in [0.2, 0.25) is 0 Å². The summed E-state index contributed by atoms with van der Waals surface area (Å²) in [6.07, 6.45) is 2.73. The van der Waals surface area contributed by atoms with Gasteiger partial charge in [-0.2, -0.15) is 0 Å². The summed E-state index contributed by atoms with van der Waals surface area (Å²) < 4.78 is 32.0. The van der Waals surface area contributed by atoms with Gasteiger partial charge in [-0.05, 0) is 38.8 Å². The van der Waals surface area contributed by atoms with Crippen LogP contribution in [0.1, 0.15) is 34.1 Å². The molecule has 11 nitrogen and oxygen atoms in total. The topological polar surface area (TPSA) is 128 Å². The molecule has 0 aliphatic carbocycles. The van der Waals surface area contributed by atoms with Gasteiger partial charge in [0, 0.05) is 11.1 Å². The third kappa shape index (κ3) is 12.2. The van der Waals surface area contributed by atoms with E-state index in [1.165, 1.54) is 13.8 Å². The van der Waals surface area contributed by atoms with Crippen LogP contribution in [-0.4, -0.2) is 66.5 Å². The Balaban J connectivity index is 2.74. The largest absolute Gasteiger partial charge is 0.490 e. The van der Waals surface area contributed by atoms with Gasteiger partial charge >= 0.3 is 30.0 Å². The number of hydrogen-bond donors (Lipinski definition) is 0. The first-order valence-corrected chi connectivity index (χ1v) is 10.9. The van der Waals surface area contributed by atoms with Gasteiger partial charge in [0.1, 0.15) is 45.4 Å². The minimum absolute atomic E-state index is 0.0228. The third-order valence-corrected chi connectivity index (χ3v) is 3.75. The van der Waals surface area contributed by atoms with E-state index < -0.39 is 11.9 Å². The lowest BCUT2D eigenvalue weighted by Crippen LogP contribution is -2.16. The molecule has 0 radical (unpaired) electrons. The van der Waals surface area contributed by atoms with E-state index >= 15 is 0 Å². The molecular weight excluding hydrogens is 458 g/mol. The average molecular weight is 492 g/mol. The zero-order valence-electron chi connectivity index (χ0n) is 20.8. The van der Waals surface area contributed by atoms with Crippen molar-refractivity contribution in [2.45, 2.75) is 34.1 Å². The Bertz CT molecular complexity index is 890. The second-order valence-electron chi connectivity index (χ2n) is 7.17. The van der Waals surface area contributed by atoms with E-state index in [0.29, 0.717) is 5.76 Å². The fraction of sp³-hybridized carbons (Fsp3) is 0.458. The molecule has 11 heteroatoms. The lowest BCUT2D eigenvalue weighted by Gasteiger charge is -2.12. The molecule has 1 heterocycles. The van der Waals surface area contributed by atoms with Crippen LogP contribution in [0.15, 0.2) is 48.3 Å². The lowest BCUT2D eigenvalue weighted by molar-refractivity contribution is -0.140. The van der Waals surface area contributed by atoms with Crippen molar-refractivity contribution in [3.63, 3.8) is 0 Å². The van der Waals surface area contributed by atoms with Crippen LogP contribution < -0.4 is 14.2 Å². The Labute approximate surface area is 205 Å². The van der Waals surface area contributed by atoms with E-state index in [1.807, 2.05) is 19.9 Å². The molecule has 1 rings (SSSR count). The Hall–Kier alpha value is -3.89. The summed E-state index contributed by atoms with van der Waals surface area (Å²) in [7, 11) is 0. The second-order valence-corrected chi connectivity index (χ2v) is 7.17. The number of ether oxygens (including phenoxy) is 6. The van der Waals surface area contributed by atoms with E-state index in [9.17, 15) is 9.59 Å². The quantitative estimate of drug-likeness (QED) is 0.105. The van der Waals surface area contributed by atoms with Gasteiger partial charge in [-0.25, -0.2) is 9.59 Å². The van der Waals surface area contributed by atoms with E-state index in [1.54, 1.807) is 0 Å². The number of rotatable bonds is 17. The van der Waals surface area contributed by atoms with Crippen LogP contribution in [0.4, 0.5) is 0 Å². The molecule has 35 heavy (non-hydrogen) atoms. The molecule has 0 spiro atoms. The third-order valence-electron chi connectivity index (χ3n) is 3.75. The average Bonchev–Trinajstić information content (AvgIpc) is 2.80. The molecular formula is C24H33N3O8. The maximum Gasteiger partial charge on any atom is 0.333 e. The SMILES string of the molecule is C=C(C)C(=O)OCCOc1nc(OCCOC(=O)C(=C)C)nc(OCCO/C(=C\CC)C(=C)C)n1. The first-order valence-electron chi connectivity index (χ1n) is 10.9. The lowest BCUT2D eigenvalue weighted by atomic mass is 10.2. The van der Waals surface area contributed by atoms with Gasteiger partial charge in [-0.1, -0.05) is 26.7 Å². The smallest absolute Gasteiger partial charge is 0.333 e. The van der Waals surface area contributed by atoms with Gasteiger partial charge < -0.3 is 28.4 Å². The van der Waals surface area contributed by atoms with Crippen molar-refractivity contribution in [3.8, 4) is 18.0 Å². The fourth-order valence-corrected chi connectivity index (χ4v) is 2.12. The minimum atomic E-state index is -0.534. The molecule has 0 aliphatic rings. The Kier molecular flexibility index (Phi) is 13.2. The molecule has 1 aromatic heterocycles. The first kappa shape index (κ1) is 29.1. The normalized spacial score (nSPS) is 10.7. The van der Waals surface area contributed by atoms with Crippen molar-refractivity contribution < 1.29 is 38.0 Å². The van der Waals surface area contributed by atoms with Crippen molar-refractivity contribution in [2.75, 3.05) is 39.6 Å². The summed E-state index contributed by atoms with van der Waals surface area (Å²) in [5.41, 5.74) is 1.35. The molecule has 1 aromatic rings. The number of carbonyl (C=O) groups excluding carboxylic acids is 2. The first-order chi connectivity index (χ1) is 16.6. The van der Waals surface area contributed by atoms with E-state index in [2.05, 4.69) is 34.7 Å². The molecule has 0 aromatic carbocycles. The zero-order valence-corrected chi connectivity index (χ0v) is 20.8. The van der Waals surface area contributed by atoms with Gasteiger partial charge in [0.05, 0.1) is 0 Å². The monoisotopic (exact) mass is 491 g/mol. The fourth-order valence-electron chi connectivity index (χ4n) is 2.12. The van der Waals surface area contributed by atoms with E-state index in [4.69, 9.17) is 28.4 Å². The zero-order chi connectivity index (χ0) is 26.2. The molecule has 0 saturated heterocycles. The predicted octanol–water partition coefficient (Wildman–Crippen LogP) is 3.13. The van der Waals surface area contributed by atoms with Gasteiger partial charge in [0.15, 0.2) is 0 Å².